The number of hydrogen-bond acceptors (Lipinski definition) is 5. The Morgan fingerprint density at radius 3 is 2.65 bits per heavy atom. The molecular formula is C18H24N2O4S2. The average Bonchev–Trinajstić information content (AvgIpc) is 3.05. The van der Waals surface area contributed by atoms with Gasteiger partial charge in [0.1, 0.15) is 5.75 Å². The molecule has 0 radical (unpaired) electrons. The van der Waals surface area contributed by atoms with Crippen molar-refractivity contribution >= 4 is 38.4 Å². The zero-order valence-corrected chi connectivity index (χ0v) is 16.7. The van der Waals surface area contributed by atoms with Crippen molar-refractivity contribution in [3.05, 3.63) is 24.3 Å². The van der Waals surface area contributed by atoms with Crippen molar-refractivity contribution < 1.29 is 17.9 Å². The van der Waals surface area contributed by atoms with Gasteiger partial charge in [0.15, 0.2) is 15.0 Å². The Bertz CT molecular complexity index is 790. The first kappa shape index (κ1) is 19.2. The maximum absolute atomic E-state index is 12.2. The summed E-state index contributed by atoms with van der Waals surface area (Å²) in [7, 11) is -3.06. The molecule has 1 amide bonds. The molecule has 1 aromatic rings. The normalized spacial score (nSPS) is 25.5. The molecule has 0 N–H and O–H groups in total. The van der Waals surface area contributed by atoms with E-state index in [1.807, 2.05) is 43.0 Å². The third-order valence-electron chi connectivity index (χ3n) is 4.46. The van der Waals surface area contributed by atoms with Gasteiger partial charge in [-0.1, -0.05) is 25.1 Å². The van der Waals surface area contributed by atoms with Crippen LogP contribution in [0.3, 0.4) is 0 Å². The van der Waals surface area contributed by atoms with Gasteiger partial charge in [-0.25, -0.2) is 8.42 Å². The number of sulfone groups is 1. The SMILES string of the molecule is CCCCC(=O)N=C1S[C@@H]2CS(=O)(=O)C[C@H]2N1c1ccc(OCC)cc1. The van der Waals surface area contributed by atoms with E-state index in [2.05, 4.69) is 4.99 Å². The largest absolute Gasteiger partial charge is 0.494 e. The number of amidine groups is 1. The number of hydrogen-bond donors (Lipinski definition) is 0. The van der Waals surface area contributed by atoms with E-state index in [1.54, 1.807) is 0 Å². The summed E-state index contributed by atoms with van der Waals surface area (Å²) in [4.78, 5) is 18.4. The molecule has 0 saturated carbocycles. The van der Waals surface area contributed by atoms with E-state index < -0.39 is 9.84 Å². The molecule has 2 saturated heterocycles. The number of thioether (sulfide) groups is 1. The molecule has 2 atom stereocenters. The van der Waals surface area contributed by atoms with Crippen LogP contribution in [0.2, 0.25) is 0 Å². The Morgan fingerprint density at radius 1 is 1.27 bits per heavy atom. The number of fused-ring (bicyclic) bond motifs is 1. The molecule has 2 fully saturated rings. The Balaban J connectivity index is 1.89. The summed E-state index contributed by atoms with van der Waals surface area (Å²) in [5.41, 5.74) is 0.840. The molecule has 142 valence electrons. The first-order valence-electron chi connectivity index (χ1n) is 8.94. The molecule has 0 aromatic heterocycles. The quantitative estimate of drug-likeness (QED) is 0.736. The molecule has 2 aliphatic heterocycles. The van der Waals surface area contributed by atoms with Crippen LogP contribution >= 0.6 is 11.8 Å². The molecular weight excluding hydrogens is 372 g/mol. The van der Waals surface area contributed by atoms with Crippen molar-refractivity contribution in [1.82, 2.24) is 0 Å². The number of aliphatic imine (C=N–C) groups is 1. The number of amides is 1. The van der Waals surface area contributed by atoms with E-state index in [0.29, 0.717) is 18.2 Å². The Labute approximate surface area is 158 Å². The molecule has 8 heteroatoms. The monoisotopic (exact) mass is 396 g/mol. The highest BCUT2D eigenvalue weighted by Gasteiger charge is 2.49. The van der Waals surface area contributed by atoms with E-state index in [1.165, 1.54) is 11.8 Å². The summed E-state index contributed by atoms with van der Waals surface area (Å²) in [5.74, 6) is 0.849. The van der Waals surface area contributed by atoms with Gasteiger partial charge in [-0.15, -0.1) is 0 Å². The number of carbonyl (C=O) groups excluding carboxylic acids is 1. The highest BCUT2D eigenvalue weighted by Crippen LogP contribution is 2.41. The lowest BCUT2D eigenvalue weighted by Crippen LogP contribution is -2.37. The zero-order valence-electron chi connectivity index (χ0n) is 15.1. The molecule has 0 spiro atoms. The fourth-order valence-electron chi connectivity index (χ4n) is 3.23. The first-order valence-corrected chi connectivity index (χ1v) is 11.6. The second-order valence-corrected chi connectivity index (χ2v) is 9.85. The molecule has 0 unspecified atom stereocenters. The van der Waals surface area contributed by atoms with E-state index in [9.17, 15) is 13.2 Å². The van der Waals surface area contributed by atoms with E-state index in [4.69, 9.17) is 4.74 Å². The molecule has 2 aliphatic rings. The van der Waals surface area contributed by atoms with Crippen LogP contribution in [0.1, 0.15) is 33.1 Å². The van der Waals surface area contributed by atoms with Crippen LogP contribution in [0.5, 0.6) is 5.75 Å². The second-order valence-electron chi connectivity index (χ2n) is 6.49. The number of rotatable bonds is 6. The minimum Gasteiger partial charge on any atom is -0.494 e. The van der Waals surface area contributed by atoms with Crippen LogP contribution < -0.4 is 9.64 Å². The minimum atomic E-state index is -3.06. The van der Waals surface area contributed by atoms with Gasteiger partial charge in [0.05, 0.1) is 24.2 Å². The lowest BCUT2D eigenvalue weighted by Gasteiger charge is -2.24. The van der Waals surface area contributed by atoms with Gasteiger partial charge in [-0.05, 0) is 37.6 Å². The van der Waals surface area contributed by atoms with E-state index in [0.717, 1.165) is 24.3 Å². The predicted molar refractivity (Wildman–Crippen MR) is 106 cm³/mol. The third-order valence-corrected chi connectivity index (χ3v) is 7.67. The number of ether oxygens (including phenoxy) is 1. The molecule has 26 heavy (non-hydrogen) atoms. The summed E-state index contributed by atoms with van der Waals surface area (Å²) in [5, 5.41) is 0.532. The molecule has 2 heterocycles. The lowest BCUT2D eigenvalue weighted by atomic mass is 10.2. The fraction of sp³-hybridized carbons (Fsp3) is 0.556. The van der Waals surface area contributed by atoms with Crippen molar-refractivity contribution in [3.8, 4) is 5.75 Å². The van der Waals surface area contributed by atoms with Crippen LogP contribution in [0, 0.1) is 0 Å². The summed E-state index contributed by atoms with van der Waals surface area (Å²) in [6, 6.07) is 7.32. The molecule has 6 nitrogen and oxygen atoms in total. The number of benzene rings is 1. The van der Waals surface area contributed by atoms with Crippen molar-refractivity contribution in [1.29, 1.82) is 0 Å². The van der Waals surface area contributed by atoms with Crippen LogP contribution in [0.15, 0.2) is 29.3 Å². The van der Waals surface area contributed by atoms with Gasteiger partial charge in [-0.3, -0.25) is 4.79 Å². The molecule has 3 rings (SSSR count). The van der Waals surface area contributed by atoms with Crippen molar-refractivity contribution in [2.45, 2.75) is 44.4 Å². The molecule has 1 aromatic carbocycles. The van der Waals surface area contributed by atoms with Crippen molar-refractivity contribution in [3.63, 3.8) is 0 Å². The third kappa shape index (κ3) is 4.23. The Hall–Kier alpha value is -1.54. The Kier molecular flexibility index (Phi) is 5.92. The smallest absolute Gasteiger partial charge is 0.248 e. The summed E-state index contributed by atoms with van der Waals surface area (Å²) in [6.45, 7) is 4.54. The topological polar surface area (TPSA) is 76.0 Å². The van der Waals surface area contributed by atoms with E-state index in [-0.39, 0.29) is 28.7 Å². The summed E-state index contributed by atoms with van der Waals surface area (Å²) in [6.07, 6.45) is 2.17. The lowest BCUT2D eigenvalue weighted by molar-refractivity contribution is -0.117. The average molecular weight is 397 g/mol. The van der Waals surface area contributed by atoms with Crippen molar-refractivity contribution in [2.75, 3.05) is 23.0 Å². The van der Waals surface area contributed by atoms with Gasteiger partial charge in [-0.2, -0.15) is 4.99 Å². The molecule has 0 aliphatic carbocycles. The van der Waals surface area contributed by atoms with Crippen LogP contribution in [0.4, 0.5) is 5.69 Å². The second kappa shape index (κ2) is 8.00. The summed E-state index contributed by atoms with van der Waals surface area (Å²) >= 11 is 1.41. The Morgan fingerprint density at radius 2 is 2.00 bits per heavy atom. The van der Waals surface area contributed by atoms with Gasteiger partial charge in [0.25, 0.3) is 0 Å². The van der Waals surface area contributed by atoms with Crippen molar-refractivity contribution in [2.24, 2.45) is 4.99 Å². The maximum atomic E-state index is 12.2. The van der Waals surface area contributed by atoms with E-state index >= 15 is 0 Å². The summed E-state index contributed by atoms with van der Waals surface area (Å²) < 4.78 is 29.6. The van der Waals surface area contributed by atoms with Gasteiger partial charge >= 0.3 is 0 Å². The van der Waals surface area contributed by atoms with Crippen LogP contribution in [-0.4, -0.2) is 48.9 Å². The fourth-order valence-corrected chi connectivity index (χ4v) is 7.16. The van der Waals surface area contributed by atoms with Gasteiger partial charge < -0.3 is 9.64 Å². The zero-order chi connectivity index (χ0) is 18.7. The highest BCUT2D eigenvalue weighted by molar-refractivity contribution is 8.16. The number of unbranched alkanes of at least 4 members (excludes halogenated alkanes) is 1. The standard InChI is InChI=1S/C18H24N2O4S2/c1-3-5-6-17(21)19-18-20(13-7-9-14(10-8-13)24-4-2)15-11-26(22,23)12-16(15)25-18/h7-10,15-16H,3-6,11-12H2,1-2H3/t15-,16-/m1/s1. The number of carbonyl (C=O) groups is 1. The highest BCUT2D eigenvalue weighted by atomic mass is 32.2. The first-order chi connectivity index (χ1) is 12.4. The minimum absolute atomic E-state index is 0.0794. The predicted octanol–water partition coefficient (Wildman–Crippen LogP) is 2.88. The van der Waals surface area contributed by atoms with Crippen LogP contribution in [0.25, 0.3) is 0 Å². The van der Waals surface area contributed by atoms with Gasteiger partial charge in [0.2, 0.25) is 5.91 Å². The molecule has 0 bridgehead atoms. The van der Waals surface area contributed by atoms with Gasteiger partial charge in [0, 0.05) is 17.4 Å². The van der Waals surface area contributed by atoms with Crippen LogP contribution in [-0.2, 0) is 14.6 Å². The number of nitrogens with zero attached hydrogens (tertiary/aromatic N) is 2. The number of anilines is 1. The maximum Gasteiger partial charge on any atom is 0.248 e.